The van der Waals surface area contributed by atoms with Crippen LogP contribution in [0.4, 0.5) is 0 Å². The zero-order valence-corrected chi connectivity index (χ0v) is 12.6. The van der Waals surface area contributed by atoms with Gasteiger partial charge in [0, 0.05) is 17.6 Å². The van der Waals surface area contributed by atoms with Crippen LogP contribution in [0.25, 0.3) is 0 Å². The van der Waals surface area contributed by atoms with Crippen molar-refractivity contribution in [3.05, 3.63) is 34.9 Å². The van der Waals surface area contributed by atoms with Crippen LogP contribution in [0.15, 0.2) is 24.3 Å². The summed E-state index contributed by atoms with van der Waals surface area (Å²) in [7, 11) is 0. The maximum atomic E-state index is 12.8. The summed E-state index contributed by atoms with van der Waals surface area (Å²) < 4.78 is 0. The Kier molecular flexibility index (Phi) is 3.99. The fraction of sp³-hybridized carbons (Fsp3) is 0.562. The molecule has 1 saturated carbocycles. The average molecular weight is 293 g/mol. The molecule has 1 heterocycles. The van der Waals surface area contributed by atoms with Gasteiger partial charge in [-0.1, -0.05) is 29.8 Å². The second-order valence-electron chi connectivity index (χ2n) is 5.86. The van der Waals surface area contributed by atoms with E-state index in [1.54, 1.807) is 0 Å². The Bertz CT molecular complexity index is 495. The summed E-state index contributed by atoms with van der Waals surface area (Å²) in [6.07, 6.45) is 3.21. The van der Waals surface area contributed by atoms with Crippen LogP contribution in [0.5, 0.6) is 0 Å². The molecular weight excluding hydrogens is 272 g/mol. The predicted molar refractivity (Wildman–Crippen MR) is 80.7 cm³/mol. The van der Waals surface area contributed by atoms with E-state index in [1.165, 1.54) is 0 Å². The van der Waals surface area contributed by atoms with Crippen LogP contribution >= 0.6 is 11.6 Å². The summed E-state index contributed by atoms with van der Waals surface area (Å²) in [5.74, 6) is 0.436. The highest BCUT2D eigenvalue weighted by Crippen LogP contribution is 2.38. The van der Waals surface area contributed by atoms with E-state index in [4.69, 9.17) is 11.6 Å². The summed E-state index contributed by atoms with van der Waals surface area (Å²) in [6, 6.07) is 8.33. The summed E-state index contributed by atoms with van der Waals surface area (Å²) in [5.41, 5.74) is 1.06. The van der Waals surface area contributed by atoms with Crippen molar-refractivity contribution in [3.8, 4) is 0 Å². The number of hydrogen-bond acceptors (Lipinski definition) is 2. The van der Waals surface area contributed by atoms with Crippen LogP contribution in [-0.2, 0) is 4.79 Å². The van der Waals surface area contributed by atoms with Crippen LogP contribution in [0, 0.1) is 5.92 Å². The smallest absolute Gasteiger partial charge is 0.227 e. The van der Waals surface area contributed by atoms with Gasteiger partial charge in [0.25, 0.3) is 0 Å². The summed E-state index contributed by atoms with van der Waals surface area (Å²) >= 11 is 6.30. The van der Waals surface area contributed by atoms with Crippen LogP contribution in [0.1, 0.15) is 37.8 Å². The molecule has 20 heavy (non-hydrogen) atoms. The van der Waals surface area contributed by atoms with E-state index in [-0.39, 0.29) is 12.0 Å². The van der Waals surface area contributed by atoms with Gasteiger partial charge in [0.1, 0.15) is 0 Å². The lowest BCUT2D eigenvalue weighted by molar-refractivity contribution is -0.137. The van der Waals surface area contributed by atoms with E-state index < -0.39 is 0 Å². The van der Waals surface area contributed by atoms with Gasteiger partial charge in [-0.2, -0.15) is 0 Å². The van der Waals surface area contributed by atoms with Gasteiger partial charge in [0.15, 0.2) is 0 Å². The lowest BCUT2D eigenvalue weighted by Gasteiger charge is -2.32. The van der Waals surface area contributed by atoms with Crippen molar-refractivity contribution in [2.45, 2.75) is 38.3 Å². The molecule has 0 bridgehead atoms. The van der Waals surface area contributed by atoms with Gasteiger partial charge in [-0.05, 0) is 44.4 Å². The highest BCUT2D eigenvalue weighted by atomic mass is 35.5. The van der Waals surface area contributed by atoms with E-state index in [2.05, 4.69) is 17.1 Å². The van der Waals surface area contributed by atoms with Crippen LogP contribution in [0.2, 0.25) is 5.02 Å². The minimum absolute atomic E-state index is 0.0595. The Morgan fingerprint density at radius 2 is 2.10 bits per heavy atom. The lowest BCUT2D eigenvalue weighted by Crippen LogP contribution is -2.40. The normalized spacial score (nSPS) is 23.6. The number of rotatable bonds is 4. The van der Waals surface area contributed by atoms with Gasteiger partial charge < -0.3 is 10.2 Å². The molecule has 0 radical (unpaired) electrons. The number of benzene rings is 1. The third kappa shape index (κ3) is 2.70. The van der Waals surface area contributed by atoms with E-state index in [1.807, 2.05) is 24.3 Å². The monoisotopic (exact) mass is 292 g/mol. The molecule has 3 rings (SSSR count). The average Bonchev–Trinajstić information content (AvgIpc) is 3.12. The second-order valence-corrected chi connectivity index (χ2v) is 6.27. The van der Waals surface area contributed by atoms with E-state index in [0.717, 1.165) is 42.9 Å². The highest BCUT2D eigenvalue weighted by molar-refractivity contribution is 6.31. The minimum Gasteiger partial charge on any atom is -0.333 e. The lowest BCUT2D eigenvalue weighted by atomic mass is 10.0. The SMILES string of the molecule is C[C@@H](c1ccccc1Cl)N(C(=O)[C@H]1CCNC1)C1CC1. The van der Waals surface area contributed by atoms with Gasteiger partial charge in [-0.25, -0.2) is 0 Å². The minimum atomic E-state index is 0.0595. The maximum Gasteiger partial charge on any atom is 0.227 e. The van der Waals surface area contributed by atoms with Crippen molar-refractivity contribution in [3.63, 3.8) is 0 Å². The van der Waals surface area contributed by atoms with Crippen LogP contribution < -0.4 is 5.32 Å². The maximum absolute atomic E-state index is 12.8. The molecule has 2 atom stereocenters. The Labute approximate surface area is 125 Å². The van der Waals surface area contributed by atoms with Gasteiger partial charge in [0.05, 0.1) is 12.0 Å². The van der Waals surface area contributed by atoms with Gasteiger partial charge in [-0.3, -0.25) is 4.79 Å². The quantitative estimate of drug-likeness (QED) is 0.925. The molecule has 1 aromatic rings. The number of carbonyl (C=O) groups excluding carboxylic acids is 1. The largest absolute Gasteiger partial charge is 0.333 e. The molecule has 2 aliphatic rings. The Morgan fingerprint density at radius 3 is 2.70 bits per heavy atom. The highest BCUT2D eigenvalue weighted by Gasteiger charge is 2.39. The van der Waals surface area contributed by atoms with Crippen molar-refractivity contribution in [2.75, 3.05) is 13.1 Å². The van der Waals surface area contributed by atoms with Crippen molar-refractivity contribution < 1.29 is 4.79 Å². The molecule has 108 valence electrons. The first-order chi connectivity index (χ1) is 9.68. The summed E-state index contributed by atoms with van der Waals surface area (Å²) in [6.45, 7) is 3.87. The molecule has 3 nitrogen and oxygen atoms in total. The molecule has 4 heteroatoms. The fourth-order valence-corrected chi connectivity index (χ4v) is 3.37. The molecule has 1 saturated heterocycles. The molecule has 1 aromatic carbocycles. The van der Waals surface area contributed by atoms with E-state index in [9.17, 15) is 4.79 Å². The second kappa shape index (κ2) is 5.74. The van der Waals surface area contributed by atoms with Gasteiger partial charge >= 0.3 is 0 Å². The third-order valence-electron chi connectivity index (χ3n) is 4.38. The number of amides is 1. The summed E-state index contributed by atoms with van der Waals surface area (Å²) in [5, 5.41) is 4.04. The molecule has 1 amide bonds. The molecule has 0 spiro atoms. The number of nitrogens with one attached hydrogen (secondary N) is 1. The van der Waals surface area contributed by atoms with E-state index in [0.29, 0.717) is 11.9 Å². The van der Waals surface area contributed by atoms with E-state index >= 15 is 0 Å². The first kappa shape index (κ1) is 13.9. The fourth-order valence-electron chi connectivity index (χ4n) is 3.08. The summed E-state index contributed by atoms with van der Waals surface area (Å²) in [4.78, 5) is 14.9. The number of halogens is 1. The number of nitrogens with zero attached hydrogens (tertiary/aromatic N) is 1. The predicted octanol–water partition coefficient (Wildman–Crippen LogP) is 3.00. The zero-order valence-electron chi connectivity index (χ0n) is 11.8. The standard InChI is InChI=1S/C16H21ClN2O/c1-11(14-4-2-3-5-15(14)17)19(13-6-7-13)16(20)12-8-9-18-10-12/h2-5,11-13,18H,6-10H2,1H3/t11-,12-/m0/s1. The van der Waals surface area contributed by atoms with Crippen molar-refractivity contribution in [1.29, 1.82) is 0 Å². The molecular formula is C16H21ClN2O. The zero-order chi connectivity index (χ0) is 14.1. The number of hydrogen-bond donors (Lipinski definition) is 1. The Hall–Kier alpha value is -1.06. The molecule has 0 unspecified atom stereocenters. The third-order valence-corrected chi connectivity index (χ3v) is 4.72. The van der Waals surface area contributed by atoms with Crippen LogP contribution in [-0.4, -0.2) is 29.9 Å². The molecule has 1 aliphatic carbocycles. The van der Waals surface area contributed by atoms with Crippen molar-refractivity contribution in [1.82, 2.24) is 10.2 Å². The van der Waals surface area contributed by atoms with Crippen LogP contribution in [0.3, 0.4) is 0 Å². The molecule has 1 N–H and O–H groups in total. The number of carbonyl (C=O) groups is 1. The Morgan fingerprint density at radius 1 is 1.35 bits per heavy atom. The molecule has 2 fully saturated rings. The first-order valence-electron chi connectivity index (χ1n) is 7.46. The van der Waals surface area contributed by atoms with Crippen molar-refractivity contribution >= 4 is 17.5 Å². The van der Waals surface area contributed by atoms with Gasteiger partial charge in [0.2, 0.25) is 5.91 Å². The van der Waals surface area contributed by atoms with Crippen molar-refractivity contribution in [2.24, 2.45) is 5.92 Å². The Balaban J connectivity index is 1.83. The molecule has 1 aliphatic heterocycles. The first-order valence-corrected chi connectivity index (χ1v) is 7.83. The molecule has 0 aromatic heterocycles. The topological polar surface area (TPSA) is 32.3 Å². The van der Waals surface area contributed by atoms with Gasteiger partial charge in [-0.15, -0.1) is 0 Å².